The van der Waals surface area contributed by atoms with Crippen molar-refractivity contribution >= 4 is 17.8 Å². The highest BCUT2D eigenvalue weighted by molar-refractivity contribution is 5.78. The highest BCUT2D eigenvalue weighted by Gasteiger charge is 2.24. The number of rotatable bonds is 8. The Hall–Kier alpha value is -3.41. The average molecular weight is 409 g/mol. The van der Waals surface area contributed by atoms with Crippen LogP contribution in [0.4, 0.5) is 9.18 Å². The first-order chi connectivity index (χ1) is 14.3. The van der Waals surface area contributed by atoms with E-state index in [1.54, 1.807) is 35.3 Å². The van der Waals surface area contributed by atoms with Gasteiger partial charge in [0.1, 0.15) is 5.82 Å². The number of carbonyl (C=O) groups excluding carboxylic acids is 1. The van der Waals surface area contributed by atoms with Crippen LogP contribution in [0, 0.1) is 5.82 Å². The van der Waals surface area contributed by atoms with Gasteiger partial charge in [-0.1, -0.05) is 50.8 Å². The van der Waals surface area contributed by atoms with E-state index in [2.05, 4.69) is 30.4 Å². The smallest absolute Gasteiger partial charge is 0.322 e. The van der Waals surface area contributed by atoms with Crippen molar-refractivity contribution in [1.82, 2.24) is 10.2 Å². The van der Waals surface area contributed by atoms with E-state index >= 15 is 0 Å². The summed E-state index contributed by atoms with van der Waals surface area (Å²) < 4.78 is 13.0. The Kier molecular flexibility index (Phi) is 8.35. The molecule has 0 spiro atoms. The van der Waals surface area contributed by atoms with Crippen molar-refractivity contribution in [1.29, 1.82) is 0 Å². The summed E-state index contributed by atoms with van der Waals surface area (Å²) in [6.07, 6.45) is 8.98. The topological polar surface area (TPSA) is 70.7 Å². The maximum absolute atomic E-state index is 13.0. The van der Waals surface area contributed by atoms with Crippen LogP contribution in [0.25, 0.3) is 5.57 Å². The van der Waals surface area contributed by atoms with Crippen LogP contribution in [0.2, 0.25) is 0 Å². The lowest BCUT2D eigenvalue weighted by atomic mass is 10.1. The van der Waals surface area contributed by atoms with Crippen LogP contribution in [0.15, 0.2) is 83.3 Å². The Morgan fingerprint density at radius 2 is 2.00 bits per heavy atom. The first-order valence-electron chi connectivity index (χ1n) is 9.87. The van der Waals surface area contributed by atoms with Crippen molar-refractivity contribution in [2.24, 2.45) is 10.7 Å². The Bertz CT molecular complexity index is 923. The molecule has 0 aliphatic carbocycles. The molecule has 0 fully saturated rings. The van der Waals surface area contributed by atoms with E-state index in [1.807, 2.05) is 13.1 Å². The number of nitrogens with one attached hydrogen (secondary N) is 1. The summed E-state index contributed by atoms with van der Waals surface area (Å²) >= 11 is 0. The van der Waals surface area contributed by atoms with E-state index < -0.39 is 0 Å². The molecule has 5 nitrogen and oxygen atoms in total. The third-order valence-corrected chi connectivity index (χ3v) is 4.69. The van der Waals surface area contributed by atoms with Gasteiger partial charge in [-0.05, 0) is 48.3 Å². The van der Waals surface area contributed by atoms with Crippen molar-refractivity contribution in [3.8, 4) is 0 Å². The van der Waals surface area contributed by atoms with Gasteiger partial charge in [0.2, 0.25) is 0 Å². The van der Waals surface area contributed by atoms with Gasteiger partial charge in [-0.2, -0.15) is 0 Å². The number of nitrogens with two attached hydrogens (primary N) is 1. The predicted octanol–water partition coefficient (Wildman–Crippen LogP) is 4.92. The summed E-state index contributed by atoms with van der Waals surface area (Å²) in [6, 6.07) is 5.90. The molecule has 1 aromatic carbocycles. The van der Waals surface area contributed by atoms with Gasteiger partial charge in [0, 0.05) is 12.8 Å². The minimum Gasteiger partial charge on any atom is -0.397 e. The van der Waals surface area contributed by atoms with Crippen molar-refractivity contribution in [3.05, 3.63) is 89.7 Å². The second-order valence-corrected chi connectivity index (χ2v) is 7.02. The Balaban J connectivity index is 1.97. The normalized spacial score (nSPS) is 15.1. The maximum atomic E-state index is 13.0. The minimum atomic E-state index is -0.296. The fourth-order valence-corrected chi connectivity index (χ4v) is 2.79. The largest absolute Gasteiger partial charge is 0.397 e. The summed E-state index contributed by atoms with van der Waals surface area (Å²) in [5.41, 5.74) is 10.3. The van der Waals surface area contributed by atoms with E-state index in [1.165, 1.54) is 12.1 Å². The molecule has 158 valence electrons. The second-order valence-electron chi connectivity index (χ2n) is 7.02. The molecule has 0 bridgehead atoms. The lowest BCUT2D eigenvalue weighted by Gasteiger charge is -2.18. The molecular formula is C24H29FN4O. The first kappa shape index (κ1) is 22.9. The fraction of sp³-hybridized carbons (Fsp3) is 0.250. The number of allylic oxidation sites excluding steroid dienone is 3. The summed E-state index contributed by atoms with van der Waals surface area (Å²) in [4.78, 5) is 18.7. The molecule has 2 amide bonds. The van der Waals surface area contributed by atoms with E-state index in [4.69, 9.17) is 5.73 Å². The molecule has 3 N–H and O–H groups in total. The van der Waals surface area contributed by atoms with E-state index in [9.17, 15) is 9.18 Å². The summed E-state index contributed by atoms with van der Waals surface area (Å²) in [7, 11) is 0. The van der Waals surface area contributed by atoms with Gasteiger partial charge < -0.3 is 16.0 Å². The highest BCUT2D eigenvalue weighted by Crippen LogP contribution is 2.20. The maximum Gasteiger partial charge on any atom is 0.322 e. The Labute approximate surface area is 177 Å². The molecule has 1 aromatic rings. The lowest BCUT2D eigenvalue weighted by Crippen LogP contribution is -2.39. The second kappa shape index (κ2) is 11.0. The Morgan fingerprint density at radius 1 is 1.30 bits per heavy atom. The number of unbranched alkanes of at least 4 members (excludes halogenated alkanes) is 1. The van der Waals surface area contributed by atoms with Gasteiger partial charge in [0.15, 0.2) is 0 Å². The third-order valence-electron chi connectivity index (χ3n) is 4.69. The number of carbonyl (C=O) groups is 1. The van der Waals surface area contributed by atoms with Crippen LogP contribution >= 0.6 is 0 Å². The molecular weight excluding hydrogens is 379 g/mol. The van der Waals surface area contributed by atoms with Crippen molar-refractivity contribution in [2.45, 2.75) is 26.7 Å². The molecule has 30 heavy (non-hydrogen) atoms. The number of urea groups is 1. The molecule has 0 radical (unpaired) electrons. The molecule has 0 atom stereocenters. The third kappa shape index (κ3) is 6.30. The summed E-state index contributed by atoms with van der Waals surface area (Å²) in [5.74, 6) is -0.284. The van der Waals surface area contributed by atoms with Gasteiger partial charge in [-0.3, -0.25) is 4.99 Å². The molecule has 0 aromatic heterocycles. The lowest BCUT2D eigenvalue weighted by molar-refractivity contribution is 0.213. The Morgan fingerprint density at radius 3 is 2.63 bits per heavy atom. The molecule has 2 rings (SSSR count). The number of hydrogen-bond acceptors (Lipinski definition) is 3. The molecule has 1 aliphatic heterocycles. The number of benzene rings is 1. The van der Waals surface area contributed by atoms with Crippen molar-refractivity contribution < 1.29 is 9.18 Å². The van der Waals surface area contributed by atoms with Crippen LogP contribution in [-0.2, 0) is 0 Å². The number of aliphatic imine (C=N–C) groups is 1. The zero-order valence-electron chi connectivity index (χ0n) is 17.6. The molecule has 1 heterocycles. The molecule has 0 saturated heterocycles. The number of hydrogen-bond donors (Lipinski definition) is 2. The monoisotopic (exact) mass is 408 g/mol. The molecule has 6 heteroatoms. The van der Waals surface area contributed by atoms with E-state index in [-0.39, 0.29) is 11.8 Å². The van der Waals surface area contributed by atoms with E-state index in [0.29, 0.717) is 24.5 Å². The zero-order chi connectivity index (χ0) is 22.1. The van der Waals surface area contributed by atoms with Crippen molar-refractivity contribution in [3.63, 3.8) is 0 Å². The number of halogens is 1. The van der Waals surface area contributed by atoms with Crippen molar-refractivity contribution in [2.75, 3.05) is 13.1 Å². The molecule has 1 aliphatic rings. The molecule has 0 unspecified atom stereocenters. The van der Waals surface area contributed by atoms with Gasteiger partial charge >= 0.3 is 6.03 Å². The van der Waals surface area contributed by atoms with E-state index in [0.717, 1.165) is 35.2 Å². The van der Waals surface area contributed by atoms with Crippen LogP contribution in [-0.4, -0.2) is 30.2 Å². The highest BCUT2D eigenvalue weighted by atomic mass is 19.1. The predicted molar refractivity (Wildman–Crippen MR) is 122 cm³/mol. The minimum absolute atomic E-state index is 0.284. The summed E-state index contributed by atoms with van der Waals surface area (Å²) in [5, 5.41) is 2.73. The molecule has 0 saturated carbocycles. The van der Waals surface area contributed by atoms with Crippen LogP contribution in [0.1, 0.15) is 32.3 Å². The first-order valence-corrected chi connectivity index (χ1v) is 9.87. The van der Waals surface area contributed by atoms with Gasteiger partial charge in [0.25, 0.3) is 0 Å². The van der Waals surface area contributed by atoms with Gasteiger partial charge in [-0.15, -0.1) is 0 Å². The standard InChI is InChI=1S/C24H29FN4O/c1-5-7-14-27-23-16-29(15-19(23)6-2)24(30)28-18(4)22(26)13-8-17(3)20-9-11-21(25)12-10-20/h6,8-14H,2,4-5,7,15-16,26H2,1,3H3,(H,28,30)/b17-8+,22-13+,27-14?. The quantitative estimate of drug-likeness (QED) is 0.473. The van der Waals surface area contributed by atoms with Crippen LogP contribution < -0.4 is 11.1 Å². The van der Waals surface area contributed by atoms with Gasteiger partial charge in [0.05, 0.1) is 23.6 Å². The average Bonchev–Trinajstić information content (AvgIpc) is 3.15. The van der Waals surface area contributed by atoms with Crippen LogP contribution in [0.5, 0.6) is 0 Å². The fourth-order valence-electron chi connectivity index (χ4n) is 2.79. The van der Waals surface area contributed by atoms with Gasteiger partial charge in [-0.25, -0.2) is 9.18 Å². The van der Waals surface area contributed by atoms with Crippen LogP contribution in [0.3, 0.4) is 0 Å². The number of amides is 2. The SMILES string of the molecule is C=CC1=C(N=CCCC)CN(C(=O)NC(=C)/C(N)=C\C=C(/C)c2ccc(F)cc2)C1. The zero-order valence-corrected chi connectivity index (χ0v) is 17.6. The number of nitrogens with zero attached hydrogens (tertiary/aromatic N) is 2. The summed E-state index contributed by atoms with van der Waals surface area (Å²) in [6.45, 7) is 12.5.